The molecule has 0 aliphatic heterocycles. The molecule has 2 N–H and O–H groups in total. The molecule has 15 heavy (non-hydrogen) atoms. The molecule has 0 amide bonds. The van der Waals surface area contributed by atoms with E-state index in [2.05, 4.69) is 35.1 Å². The van der Waals surface area contributed by atoms with Crippen LogP contribution in [0.25, 0.3) is 0 Å². The van der Waals surface area contributed by atoms with Crippen molar-refractivity contribution in [1.29, 1.82) is 0 Å². The maximum atomic E-state index is 9.74. The minimum atomic E-state index is 0.0400. The van der Waals surface area contributed by atoms with Gasteiger partial charge in [-0.1, -0.05) is 22.9 Å². The summed E-state index contributed by atoms with van der Waals surface area (Å²) in [6.07, 6.45) is 1.85. The third kappa shape index (κ3) is 3.21. The highest BCUT2D eigenvalue weighted by Crippen LogP contribution is 2.26. The second-order valence-corrected chi connectivity index (χ2v) is 5.03. The molecule has 0 spiro atoms. The number of nitrogens with one attached hydrogen (secondary N) is 1. The first-order valence-electron chi connectivity index (χ1n) is 5.17. The number of aromatic hydroxyl groups is 1. The van der Waals surface area contributed by atoms with Crippen LogP contribution in [0.2, 0.25) is 0 Å². The highest BCUT2D eigenvalue weighted by molar-refractivity contribution is 9.10. The number of hydrogen-bond donors (Lipinski definition) is 2. The van der Waals surface area contributed by atoms with Crippen LogP contribution in [-0.2, 0) is 6.42 Å². The van der Waals surface area contributed by atoms with Crippen LogP contribution in [-0.4, -0.2) is 17.7 Å². The Morgan fingerprint density at radius 3 is 2.67 bits per heavy atom. The summed E-state index contributed by atoms with van der Waals surface area (Å²) in [7, 11) is 1.96. The molecule has 0 saturated carbocycles. The third-order valence-electron chi connectivity index (χ3n) is 3.01. The monoisotopic (exact) mass is 271 g/mol. The van der Waals surface area contributed by atoms with Gasteiger partial charge in [-0.05, 0) is 50.6 Å². The van der Waals surface area contributed by atoms with Gasteiger partial charge < -0.3 is 10.4 Å². The van der Waals surface area contributed by atoms with Crippen LogP contribution in [0.3, 0.4) is 0 Å². The summed E-state index contributed by atoms with van der Waals surface area (Å²) in [5, 5.41) is 13.0. The fourth-order valence-electron chi connectivity index (χ4n) is 1.51. The van der Waals surface area contributed by atoms with Crippen molar-refractivity contribution in [3.63, 3.8) is 0 Å². The van der Waals surface area contributed by atoms with Gasteiger partial charge in [0.2, 0.25) is 0 Å². The molecule has 0 unspecified atom stereocenters. The van der Waals surface area contributed by atoms with Crippen LogP contribution in [0, 0.1) is 0 Å². The summed E-state index contributed by atoms with van der Waals surface area (Å²) in [5.74, 6) is 0.369. The molecule has 0 radical (unpaired) electrons. The van der Waals surface area contributed by atoms with Gasteiger partial charge in [-0.3, -0.25) is 0 Å². The predicted molar refractivity (Wildman–Crippen MR) is 67.3 cm³/mol. The van der Waals surface area contributed by atoms with Gasteiger partial charge >= 0.3 is 0 Å². The molecule has 0 heterocycles. The van der Waals surface area contributed by atoms with E-state index in [-0.39, 0.29) is 5.54 Å². The number of hydrogen-bond acceptors (Lipinski definition) is 2. The normalized spacial score (nSPS) is 14.9. The van der Waals surface area contributed by atoms with E-state index in [1.54, 1.807) is 6.07 Å². The lowest BCUT2D eigenvalue weighted by molar-refractivity contribution is 0.361. The standard InChI is InChI=1S/C12H18BrNO/c1-4-12(2,14-3)8-9-7-10(13)5-6-11(9)15/h5-7,14-15H,4,8H2,1-3H3/t12-/m1/s1. The van der Waals surface area contributed by atoms with Crippen LogP contribution >= 0.6 is 15.9 Å². The molecule has 2 nitrogen and oxygen atoms in total. The molecule has 0 aromatic heterocycles. The second kappa shape index (κ2) is 4.99. The van der Waals surface area contributed by atoms with Crippen molar-refractivity contribution >= 4 is 15.9 Å². The van der Waals surface area contributed by atoms with Crippen molar-refractivity contribution in [2.45, 2.75) is 32.2 Å². The topological polar surface area (TPSA) is 32.3 Å². The fraction of sp³-hybridized carbons (Fsp3) is 0.500. The molecule has 1 aromatic carbocycles. The predicted octanol–water partition coefficient (Wildman–Crippen LogP) is 3.09. The van der Waals surface area contributed by atoms with Gasteiger partial charge in [-0.2, -0.15) is 0 Å². The van der Waals surface area contributed by atoms with Crippen LogP contribution < -0.4 is 5.32 Å². The summed E-state index contributed by atoms with van der Waals surface area (Å²) in [6, 6.07) is 5.55. The maximum absolute atomic E-state index is 9.74. The van der Waals surface area contributed by atoms with Gasteiger partial charge in [0.1, 0.15) is 5.75 Å². The number of halogens is 1. The zero-order valence-corrected chi connectivity index (χ0v) is 11.1. The summed E-state index contributed by atoms with van der Waals surface area (Å²) in [5.41, 5.74) is 1.02. The Labute approximate surface area is 99.8 Å². The first kappa shape index (κ1) is 12.5. The Kier molecular flexibility index (Phi) is 4.17. The van der Waals surface area contributed by atoms with E-state index in [1.807, 2.05) is 19.2 Å². The van der Waals surface area contributed by atoms with Gasteiger partial charge in [0, 0.05) is 10.0 Å². The summed E-state index contributed by atoms with van der Waals surface area (Å²) < 4.78 is 1.00. The van der Waals surface area contributed by atoms with Gasteiger partial charge in [-0.25, -0.2) is 0 Å². The molecule has 1 atom stereocenters. The quantitative estimate of drug-likeness (QED) is 0.882. The number of phenols is 1. The zero-order valence-electron chi connectivity index (χ0n) is 9.47. The smallest absolute Gasteiger partial charge is 0.118 e. The molecule has 0 aliphatic carbocycles. The van der Waals surface area contributed by atoms with E-state index in [9.17, 15) is 5.11 Å². The summed E-state index contributed by atoms with van der Waals surface area (Å²) >= 11 is 3.42. The van der Waals surface area contributed by atoms with Gasteiger partial charge in [-0.15, -0.1) is 0 Å². The number of phenolic OH excluding ortho intramolecular Hbond substituents is 1. The van der Waals surface area contributed by atoms with Gasteiger partial charge in [0.25, 0.3) is 0 Å². The van der Waals surface area contributed by atoms with E-state index in [0.29, 0.717) is 5.75 Å². The molecule has 0 saturated heterocycles. The minimum absolute atomic E-state index is 0.0400. The van der Waals surface area contributed by atoms with E-state index in [1.165, 1.54) is 0 Å². The van der Waals surface area contributed by atoms with Crippen molar-refractivity contribution in [2.24, 2.45) is 0 Å². The summed E-state index contributed by atoms with van der Waals surface area (Å²) in [6.45, 7) is 4.30. The third-order valence-corrected chi connectivity index (χ3v) is 3.50. The fourth-order valence-corrected chi connectivity index (χ4v) is 1.91. The Balaban J connectivity index is 2.92. The molecule has 1 rings (SSSR count). The Morgan fingerprint density at radius 1 is 1.47 bits per heavy atom. The molecular formula is C12H18BrNO. The zero-order chi connectivity index (χ0) is 11.5. The average molecular weight is 272 g/mol. The van der Waals surface area contributed by atoms with Crippen molar-refractivity contribution in [3.05, 3.63) is 28.2 Å². The largest absolute Gasteiger partial charge is 0.508 e. The van der Waals surface area contributed by atoms with Crippen LogP contribution in [0.5, 0.6) is 5.75 Å². The van der Waals surface area contributed by atoms with Crippen LogP contribution in [0.4, 0.5) is 0 Å². The highest BCUT2D eigenvalue weighted by atomic mass is 79.9. The molecule has 3 heteroatoms. The lowest BCUT2D eigenvalue weighted by Crippen LogP contribution is -2.41. The van der Waals surface area contributed by atoms with Crippen molar-refractivity contribution in [2.75, 3.05) is 7.05 Å². The van der Waals surface area contributed by atoms with Gasteiger partial charge in [0.15, 0.2) is 0 Å². The lowest BCUT2D eigenvalue weighted by atomic mass is 9.90. The SMILES string of the molecule is CC[C@](C)(Cc1cc(Br)ccc1O)NC. The van der Waals surface area contributed by atoms with E-state index >= 15 is 0 Å². The molecule has 0 fully saturated rings. The average Bonchev–Trinajstić information content (AvgIpc) is 2.23. The lowest BCUT2D eigenvalue weighted by Gasteiger charge is -2.28. The molecule has 1 aromatic rings. The Bertz CT molecular complexity index is 334. The van der Waals surface area contributed by atoms with E-state index in [0.717, 1.165) is 22.9 Å². The van der Waals surface area contributed by atoms with E-state index < -0.39 is 0 Å². The number of benzene rings is 1. The van der Waals surface area contributed by atoms with Crippen molar-refractivity contribution < 1.29 is 5.11 Å². The van der Waals surface area contributed by atoms with Crippen LogP contribution in [0.1, 0.15) is 25.8 Å². The summed E-state index contributed by atoms with van der Waals surface area (Å²) in [4.78, 5) is 0. The maximum Gasteiger partial charge on any atom is 0.118 e. The Morgan fingerprint density at radius 2 is 2.13 bits per heavy atom. The second-order valence-electron chi connectivity index (χ2n) is 4.11. The Hall–Kier alpha value is -0.540. The first-order valence-corrected chi connectivity index (χ1v) is 5.96. The molecule has 0 bridgehead atoms. The molecular weight excluding hydrogens is 254 g/mol. The number of likely N-dealkylation sites (N-methyl/N-ethyl adjacent to an activating group) is 1. The molecule has 84 valence electrons. The van der Waals surface area contributed by atoms with Crippen molar-refractivity contribution in [1.82, 2.24) is 5.32 Å². The first-order chi connectivity index (χ1) is 7.00. The number of rotatable bonds is 4. The molecule has 0 aliphatic rings. The van der Waals surface area contributed by atoms with Crippen molar-refractivity contribution in [3.8, 4) is 5.75 Å². The van der Waals surface area contributed by atoms with Crippen LogP contribution in [0.15, 0.2) is 22.7 Å². The van der Waals surface area contributed by atoms with Gasteiger partial charge in [0.05, 0.1) is 0 Å². The highest BCUT2D eigenvalue weighted by Gasteiger charge is 2.21. The minimum Gasteiger partial charge on any atom is -0.508 e. The van der Waals surface area contributed by atoms with E-state index in [4.69, 9.17) is 0 Å².